The van der Waals surface area contributed by atoms with Crippen LogP contribution >= 0.6 is 0 Å². The summed E-state index contributed by atoms with van der Waals surface area (Å²) >= 11 is 0. The standard InChI is InChI=1S/C19H31N5/c1-3-5-7-9-13-20-17-16-12-11-15-21-18(16)24-19(23-17)22-14-10-8-6-4-2/h11-12,15H,3-10,13-14H2,1-2H3,(H2,20,21,22,23,24). The Balaban J connectivity index is 1.98. The van der Waals surface area contributed by atoms with Gasteiger partial charge in [0.25, 0.3) is 0 Å². The number of nitrogens with zero attached hydrogens (tertiary/aromatic N) is 3. The summed E-state index contributed by atoms with van der Waals surface area (Å²) in [5.74, 6) is 1.56. The molecule has 0 saturated carbocycles. The lowest BCUT2D eigenvalue weighted by Gasteiger charge is -2.11. The first-order valence-corrected chi connectivity index (χ1v) is 9.45. The average Bonchev–Trinajstić information content (AvgIpc) is 2.61. The first-order chi connectivity index (χ1) is 11.8. The van der Waals surface area contributed by atoms with E-state index in [1.807, 2.05) is 12.1 Å². The smallest absolute Gasteiger partial charge is 0.226 e. The van der Waals surface area contributed by atoms with Crippen LogP contribution in [0.1, 0.15) is 65.2 Å². The molecule has 5 nitrogen and oxygen atoms in total. The Kier molecular flexibility index (Phi) is 8.28. The number of unbranched alkanes of at least 4 members (excludes halogenated alkanes) is 6. The van der Waals surface area contributed by atoms with Gasteiger partial charge in [-0.05, 0) is 25.0 Å². The molecular formula is C19H31N5. The second kappa shape index (κ2) is 10.8. The molecule has 132 valence electrons. The van der Waals surface area contributed by atoms with E-state index in [0.717, 1.165) is 36.4 Å². The highest BCUT2D eigenvalue weighted by Crippen LogP contribution is 2.20. The van der Waals surface area contributed by atoms with Gasteiger partial charge >= 0.3 is 0 Å². The molecule has 2 rings (SSSR count). The Morgan fingerprint density at radius 2 is 1.54 bits per heavy atom. The van der Waals surface area contributed by atoms with Crippen LogP contribution in [-0.4, -0.2) is 28.0 Å². The van der Waals surface area contributed by atoms with Gasteiger partial charge < -0.3 is 10.6 Å². The van der Waals surface area contributed by atoms with Crippen molar-refractivity contribution in [2.75, 3.05) is 23.7 Å². The largest absolute Gasteiger partial charge is 0.369 e. The van der Waals surface area contributed by atoms with Gasteiger partial charge in [0, 0.05) is 19.3 Å². The molecule has 0 spiro atoms. The summed E-state index contributed by atoms with van der Waals surface area (Å²) < 4.78 is 0. The second-order valence-electron chi connectivity index (χ2n) is 6.25. The van der Waals surface area contributed by atoms with Gasteiger partial charge in [0.15, 0.2) is 5.65 Å². The van der Waals surface area contributed by atoms with E-state index in [0.29, 0.717) is 5.95 Å². The van der Waals surface area contributed by atoms with Gasteiger partial charge in [-0.1, -0.05) is 52.4 Å². The van der Waals surface area contributed by atoms with Gasteiger partial charge in [0.05, 0.1) is 5.39 Å². The number of fused-ring (bicyclic) bond motifs is 1. The molecule has 0 radical (unpaired) electrons. The van der Waals surface area contributed by atoms with Crippen LogP contribution in [0.15, 0.2) is 18.3 Å². The Labute approximate surface area is 145 Å². The summed E-state index contributed by atoms with van der Waals surface area (Å²) in [4.78, 5) is 13.6. The number of anilines is 2. The number of nitrogens with one attached hydrogen (secondary N) is 2. The maximum absolute atomic E-state index is 4.66. The summed E-state index contributed by atoms with van der Waals surface area (Å²) in [6.45, 7) is 6.31. The number of hydrogen-bond acceptors (Lipinski definition) is 5. The fourth-order valence-electron chi connectivity index (χ4n) is 2.69. The van der Waals surface area contributed by atoms with Crippen molar-refractivity contribution < 1.29 is 0 Å². The average molecular weight is 329 g/mol. The minimum Gasteiger partial charge on any atom is -0.369 e. The number of hydrogen-bond donors (Lipinski definition) is 2. The van der Waals surface area contributed by atoms with Crippen molar-refractivity contribution in [3.63, 3.8) is 0 Å². The summed E-state index contributed by atoms with van der Waals surface area (Å²) in [5, 5.41) is 7.80. The van der Waals surface area contributed by atoms with Crippen molar-refractivity contribution in [2.45, 2.75) is 65.2 Å². The predicted octanol–water partition coefficient (Wildman–Crippen LogP) is 5.01. The molecule has 0 saturated heterocycles. The molecule has 0 aromatic carbocycles. The third-order valence-electron chi connectivity index (χ3n) is 4.11. The van der Waals surface area contributed by atoms with Crippen LogP contribution in [-0.2, 0) is 0 Å². The molecule has 2 aromatic rings. The lowest BCUT2D eigenvalue weighted by molar-refractivity contribution is 0.682. The molecule has 0 atom stereocenters. The Bertz CT molecular complexity index is 599. The van der Waals surface area contributed by atoms with Gasteiger partial charge in [-0.15, -0.1) is 0 Å². The molecule has 2 heterocycles. The zero-order chi connectivity index (χ0) is 17.0. The molecule has 24 heavy (non-hydrogen) atoms. The van der Waals surface area contributed by atoms with E-state index in [-0.39, 0.29) is 0 Å². The van der Waals surface area contributed by atoms with E-state index < -0.39 is 0 Å². The molecule has 5 heteroatoms. The van der Waals surface area contributed by atoms with Gasteiger partial charge in [-0.25, -0.2) is 4.98 Å². The van der Waals surface area contributed by atoms with Crippen LogP contribution in [0.25, 0.3) is 11.0 Å². The van der Waals surface area contributed by atoms with Crippen molar-refractivity contribution in [1.29, 1.82) is 0 Å². The second-order valence-corrected chi connectivity index (χ2v) is 6.25. The maximum atomic E-state index is 4.66. The van der Waals surface area contributed by atoms with Gasteiger partial charge in [-0.2, -0.15) is 9.97 Å². The van der Waals surface area contributed by atoms with E-state index in [4.69, 9.17) is 0 Å². The van der Waals surface area contributed by atoms with E-state index in [1.165, 1.54) is 44.9 Å². The van der Waals surface area contributed by atoms with E-state index in [9.17, 15) is 0 Å². The van der Waals surface area contributed by atoms with E-state index >= 15 is 0 Å². The third-order valence-corrected chi connectivity index (χ3v) is 4.11. The van der Waals surface area contributed by atoms with Gasteiger partial charge in [0.2, 0.25) is 5.95 Å². The summed E-state index contributed by atoms with van der Waals surface area (Å²) in [5.41, 5.74) is 0.750. The molecule has 2 N–H and O–H groups in total. The van der Waals surface area contributed by atoms with E-state index in [1.54, 1.807) is 6.20 Å². The van der Waals surface area contributed by atoms with Crippen molar-refractivity contribution in [2.24, 2.45) is 0 Å². The molecule has 0 unspecified atom stereocenters. The number of aromatic nitrogens is 3. The lowest BCUT2D eigenvalue weighted by Crippen LogP contribution is -2.10. The highest BCUT2D eigenvalue weighted by Gasteiger charge is 2.07. The van der Waals surface area contributed by atoms with Gasteiger partial charge in [0.1, 0.15) is 5.82 Å². The molecule has 0 aliphatic rings. The Morgan fingerprint density at radius 1 is 0.833 bits per heavy atom. The molecule has 2 aromatic heterocycles. The van der Waals surface area contributed by atoms with Crippen LogP contribution in [0.3, 0.4) is 0 Å². The highest BCUT2D eigenvalue weighted by molar-refractivity contribution is 5.87. The molecule has 0 fully saturated rings. The quantitative estimate of drug-likeness (QED) is 0.536. The predicted molar refractivity (Wildman–Crippen MR) is 103 cm³/mol. The maximum Gasteiger partial charge on any atom is 0.226 e. The Hall–Kier alpha value is -1.91. The van der Waals surface area contributed by atoms with Crippen molar-refractivity contribution in [1.82, 2.24) is 15.0 Å². The minimum absolute atomic E-state index is 0.675. The molecule has 0 aliphatic carbocycles. The molecular weight excluding hydrogens is 298 g/mol. The molecule has 0 amide bonds. The van der Waals surface area contributed by atoms with Crippen LogP contribution in [0.2, 0.25) is 0 Å². The summed E-state index contributed by atoms with van der Waals surface area (Å²) in [6, 6.07) is 3.97. The minimum atomic E-state index is 0.675. The normalized spacial score (nSPS) is 10.9. The van der Waals surface area contributed by atoms with E-state index in [2.05, 4.69) is 39.4 Å². The van der Waals surface area contributed by atoms with Gasteiger partial charge in [-0.3, -0.25) is 0 Å². The fourth-order valence-corrected chi connectivity index (χ4v) is 2.69. The van der Waals surface area contributed by atoms with Crippen LogP contribution in [0.4, 0.5) is 11.8 Å². The SMILES string of the molecule is CCCCCCNc1nc(NCCCCCC)c2cccnc2n1. The lowest BCUT2D eigenvalue weighted by atomic mass is 10.2. The fraction of sp³-hybridized carbons (Fsp3) is 0.632. The van der Waals surface area contributed by atoms with Crippen molar-refractivity contribution in [3.05, 3.63) is 18.3 Å². The molecule has 0 bridgehead atoms. The third kappa shape index (κ3) is 5.95. The zero-order valence-electron chi connectivity index (χ0n) is 15.1. The number of pyridine rings is 1. The highest BCUT2D eigenvalue weighted by atomic mass is 15.2. The first-order valence-electron chi connectivity index (χ1n) is 9.45. The van der Waals surface area contributed by atoms with Crippen LogP contribution in [0.5, 0.6) is 0 Å². The van der Waals surface area contributed by atoms with Crippen LogP contribution < -0.4 is 10.6 Å². The summed E-state index contributed by atoms with van der Waals surface area (Å²) in [7, 11) is 0. The topological polar surface area (TPSA) is 62.7 Å². The van der Waals surface area contributed by atoms with Crippen molar-refractivity contribution in [3.8, 4) is 0 Å². The Morgan fingerprint density at radius 3 is 2.25 bits per heavy atom. The summed E-state index contributed by atoms with van der Waals surface area (Å²) in [6.07, 6.45) is 11.7. The zero-order valence-corrected chi connectivity index (χ0v) is 15.1. The first kappa shape index (κ1) is 18.4. The molecule has 0 aliphatic heterocycles. The van der Waals surface area contributed by atoms with Crippen molar-refractivity contribution >= 4 is 22.8 Å². The number of rotatable bonds is 12. The monoisotopic (exact) mass is 329 g/mol. The van der Waals surface area contributed by atoms with Crippen LogP contribution in [0, 0.1) is 0 Å².